The zero-order chi connectivity index (χ0) is 9.84. The summed E-state index contributed by atoms with van der Waals surface area (Å²) in [5, 5.41) is 0.601. The van der Waals surface area contributed by atoms with Gasteiger partial charge in [-0.1, -0.05) is 23.2 Å². The van der Waals surface area contributed by atoms with Crippen LogP contribution in [0, 0.1) is 0 Å². The first-order valence-electron chi connectivity index (χ1n) is 3.56. The molecule has 0 unspecified atom stereocenters. The van der Waals surface area contributed by atoms with Crippen molar-refractivity contribution < 1.29 is 4.79 Å². The van der Waals surface area contributed by atoms with Crippen molar-refractivity contribution >= 4 is 41.6 Å². The molecule has 1 heterocycles. The molecule has 0 N–H and O–H groups in total. The van der Waals surface area contributed by atoms with Gasteiger partial charge in [0.1, 0.15) is 16.1 Å². The topological polar surface area (TPSA) is 30.0 Å². The van der Waals surface area contributed by atoms with Crippen LogP contribution in [0.1, 0.15) is 5.56 Å². The van der Waals surface area contributed by atoms with Crippen LogP contribution in [-0.2, 0) is 11.2 Å². The van der Waals surface area contributed by atoms with Crippen LogP contribution in [0.3, 0.4) is 0 Å². The van der Waals surface area contributed by atoms with Gasteiger partial charge in [-0.3, -0.25) is 4.79 Å². The minimum absolute atomic E-state index is 0.0293. The molecule has 0 fully saturated rings. The highest BCUT2D eigenvalue weighted by Crippen LogP contribution is 2.15. The molecule has 0 radical (unpaired) electrons. The van der Waals surface area contributed by atoms with Crippen molar-refractivity contribution in [2.45, 2.75) is 6.42 Å². The molecule has 0 atom stereocenters. The summed E-state index contributed by atoms with van der Waals surface area (Å²) in [6, 6.07) is 3.24. The molecule has 0 aliphatic rings. The fourth-order valence-corrected chi connectivity index (χ4v) is 1.52. The first-order chi connectivity index (χ1) is 6.11. The number of hydrogen-bond donors (Lipinski definition) is 1. The van der Waals surface area contributed by atoms with Gasteiger partial charge in [-0.05, 0) is 17.7 Å². The molecular formula is C8H7Cl2NOS. The summed E-state index contributed by atoms with van der Waals surface area (Å²) in [6.45, 7) is 0. The van der Waals surface area contributed by atoms with Crippen molar-refractivity contribution in [3.63, 3.8) is 0 Å². The summed E-state index contributed by atoms with van der Waals surface area (Å²) in [5.74, 6) is 0.249. The Hall–Kier alpha value is -0.250. The third kappa shape index (κ3) is 3.55. The molecule has 0 bridgehead atoms. The van der Waals surface area contributed by atoms with Crippen LogP contribution in [0.5, 0.6) is 0 Å². The predicted octanol–water partition coefficient (Wildman–Crippen LogP) is 2.43. The Kier molecular flexibility index (Phi) is 4.03. The van der Waals surface area contributed by atoms with E-state index in [1.54, 1.807) is 12.1 Å². The Morgan fingerprint density at radius 3 is 2.38 bits per heavy atom. The summed E-state index contributed by atoms with van der Waals surface area (Å²) in [6.07, 6.45) is 0.297. The fraction of sp³-hybridized carbons (Fsp3) is 0.250. The highest BCUT2D eigenvalue weighted by Gasteiger charge is 2.04. The maximum absolute atomic E-state index is 11.0. The highest BCUT2D eigenvalue weighted by molar-refractivity contribution is 7.81. The van der Waals surface area contributed by atoms with Crippen molar-refractivity contribution in [1.29, 1.82) is 0 Å². The first kappa shape index (κ1) is 10.8. The maximum atomic E-state index is 11.0. The molecule has 1 rings (SSSR count). The van der Waals surface area contributed by atoms with Gasteiger partial charge in [0.2, 0.25) is 0 Å². The van der Waals surface area contributed by atoms with Crippen LogP contribution in [0.2, 0.25) is 10.3 Å². The molecule has 1 aromatic heterocycles. The number of aromatic nitrogens is 1. The number of ketones is 1. The molecule has 13 heavy (non-hydrogen) atoms. The van der Waals surface area contributed by atoms with E-state index >= 15 is 0 Å². The van der Waals surface area contributed by atoms with Crippen molar-refractivity contribution in [1.82, 2.24) is 4.98 Å². The van der Waals surface area contributed by atoms with Gasteiger partial charge in [-0.25, -0.2) is 4.98 Å². The van der Waals surface area contributed by atoms with Crippen LogP contribution < -0.4 is 0 Å². The summed E-state index contributed by atoms with van der Waals surface area (Å²) in [5.41, 5.74) is 0.768. The Labute approximate surface area is 91.7 Å². The number of Topliss-reactive ketones (excluding diaryl/α,β-unsaturated/α-hetero) is 1. The summed E-state index contributed by atoms with van der Waals surface area (Å²) in [4.78, 5) is 14.8. The van der Waals surface area contributed by atoms with E-state index in [2.05, 4.69) is 17.6 Å². The molecule has 0 spiro atoms. The second-order valence-electron chi connectivity index (χ2n) is 2.49. The molecule has 0 aromatic carbocycles. The molecule has 0 saturated heterocycles. The molecule has 5 heteroatoms. The summed E-state index contributed by atoms with van der Waals surface area (Å²) < 4.78 is 0. The minimum Gasteiger partial charge on any atom is -0.298 e. The van der Waals surface area contributed by atoms with Crippen LogP contribution in [0.15, 0.2) is 12.1 Å². The van der Waals surface area contributed by atoms with Crippen LogP contribution in [-0.4, -0.2) is 16.5 Å². The Bertz CT molecular complexity index is 310. The van der Waals surface area contributed by atoms with Gasteiger partial charge in [-0.15, -0.1) is 0 Å². The van der Waals surface area contributed by atoms with E-state index in [0.717, 1.165) is 5.56 Å². The fourth-order valence-electron chi connectivity index (χ4n) is 0.900. The van der Waals surface area contributed by atoms with Gasteiger partial charge in [0, 0.05) is 12.2 Å². The number of pyridine rings is 1. The number of carbonyl (C=O) groups excluding carboxylic acids is 1. The largest absolute Gasteiger partial charge is 0.298 e. The SMILES string of the molecule is O=C(CS)Cc1cc(Cl)nc(Cl)c1. The monoisotopic (exact) mass is 235 g/mol. The molecule has 0 aliphatic heterocycles. The normalized spacial score (nSPS) is 10.1. The predicted molar refractivity (Wildman–Crippen MR) is 56.8 cm³/mol. The number of halogens is 2. The van der Waals surface area contributed by atoms with E-state index in [1.807, 2.05) is 0 Å². The van der Waals surface area contributed by atoms with E-state index in [0.29, 0.717) is 16.7 Å². The lowest BCUT2D eigenvalue weighted by atomic mass is 10.1. The Morgan fingerprint density at radius 2 is 1.92 bits per heavy atom. The zero-order valence-corrected chi connectivity index (χ0v) is 9.03. The average molecular weight is 236 g/mol. The third-order valence-corrected chi connectivity index (χ3v) is 2.14. The zero-order valence-electron chi connectivity index (χ0n) is 6.63. The molecule has 0 aliphatic carbocycles. The Balaban J connectivity index is 2.83. The van der Waals surface area contributed by atoms with Gasteiger partial charge in [0.25, 0.3) is 0 Å². The standard InChI is InChI=1S/C8H7Cl2NOS/c9-7-2-5(1-6(12)4-13)3-8(10)11-7/h2-3,13H,1,4H2. The lowest BCUT2D eigenvalue weighted by Crippen LogP contribution is -2.03. The molecule has 0 saturated carbocycles. The van der Waals surface area contributed by atoms with E-state index in [9.17, 15) is 4.79 Å². The van der Waals surface area contributed by atoms with Crippen molar-refractivity contribution in [3.8, 4) is 0 Å². The van der Waals surface area contributed by atoms with Crippen molar-refractivity contribution in [3.05, 3.63) is 28.0 Å². The number of carbonyl (C=O) groups is 1. The first-order valence-corrected chi connectivity index (χ1v) is 4.95. The second kappa shape index (κ2) is 4.84. The minimum atomic E-state index is 0.0293. The molecule has 0 amide bonds. The third-order valence-electron chi connectivity index (χ3n) is 1.40. The molecule has 1 aromatic rings. The van der Waals surface area contributed by atoms with Gasteiger partial charge in [0.15, 0.2) is 0 Å². The maximum Gasteiger partial charge on any atom is 0.146 e. The number of thiol groups is 1. The van der Waals surface area contributed by atoms with E-state index in [4.69, 9.17) is 23.2 Å². The summed E-state index contributed by atoms with van der Waals surface area (Å²) >= 11 is 15.2. The lowest BCUT2D eigenvalue weighted by Gasteiger charge is -1.99. The van der Waals surface area contributed by atoms with E-state index < -0.39 is 0 Å². The molecule has 70 valence electrons. The number of hydrogen-bond acceptors (Lipinski definition) is 3. The quantitative estimate of drug-likeness (QED) is 0.645. The summed E-state index contributed by atoms with van der Waals surface area (Å²) in [7, 11) is 0. The lowest BCUT2D eigenvalue weighted by molar-refractivity contribution is -0.115. The van der Waals surface area contributed by atoms with Gasteiger partial charge < -0.3 is 0 Å². The molecular weight excluding hydrogens is 229 g/mol. The second-order valence-corrected chi connectivity index (χ2v) is 3.59. The Morgan fingerprint density at radius 1 is 1.38 bits per heavy atom. The van der Waals surface area contributed by atoms with Gasteiger partial charge >= 0.3 is 0 Å². The van der Waals surface area contributed by atoms with E-state index in [-0.39, 0.29) is 11.5 Å². The number of rotatable bonds is 3. The van der Waals surface area contributed by atoms with Gasteiger partial charge in [0.05, 0.1) is 0 Å². The van der Waals surface area contributed by atoms with Crippen LogP contribution in [0.25, 0.3) is 0 Å². The van der Waals surface area contributed by atoms with Crippen molar-refractivity contribution in [2.24, 2.45) is 0 Å². The smallest absolute Gasteiger partial charge is 0.146 e. The van der Waals surface area contributed by atoms with Gasteiger partial charge in [-0.2, -0.15) is 12.6 Å². The van der Waals surface area contributed by atoms with Crippen molar-refractivity contribution in [2.75, 3.05) is 5.75 Å². The highest BCUT2D eigenvalue weighted by atomic mass is 35.5. The van der Waals surface area contributed by atoms with Crippen LogP contribution in [0.4, 0.5) is 0 Å². The average Bonchev–Trinajstić information content (AvgIpc) is 2.02. The molecule has 2 nitrogen and oxygen atoms in total. The number of nitrogens with zero attached hydrogens (tertiary/aromatic N) is 1. The van der Waals surface area contributed by atoms with E-state index in [1.165, 1.54) is 0 Å². The van der Waals surface area contributed by atoms with Crippen LogP contribution >= 0.6 is 35.8 Å².